The molecule has 1 aliphatic carbocycles. The summed E-state index contributed by atoms with van der Waals surface area (Å²) in [5, 5.41) is 31.5. The van der Waals surface area contributed by atoms with Crippen molar-refractivity contribution in [2.75, 3.05) is 47.5 Å². The molecule has 0 amide bonds. The van der Waals surface area contributed by atoms with Crippen molar-refractivity contribution in [2.45, 2.75) is 224 Å². The standard InChI is InChI=1S/C50H94NO11P/c1-6-8-10-11-12-13-14-15-16-17-18-19-20-21-22-23-24-25-30-34-49(55)59-41-44(42-61-63(57,58)60-39-38-51(3,4)5)62-50(56)35-31-27-26-29-33-45-46(48(54)40-47(45)53)37-36-43(52)32-28-9-7-2/h15-16,36-37,43-48,52-54H,6-14,17-35,38-42H2,1-5H3/b16-15-,37-36+/t43-,44+,45+,46+,47-,48+/m0/s1. The molecule has 1 rings (SSSR count). The van der Waals surface area contributed by atoms with E-state index in [1.165, 1.54) is 83.5 Å². The van der Waals surface area contributed by atoms with Crippen molar-refractivity contribution in [2.24, 2.45) is 11.8 Å². The van der Waals surface area contributed by atoms with Gasteiger partial charge < -0.3 is 43.2 Å². The van der Waals surface area contributed by atoms with Crippen molar-refractivity contribution < 1.29 is 57.4 Å². The Kier molecular flexibility index (Phi) is 35.3. The summed E-state index contributed by atoms with van der Waals surface area (Å²) in [6, 6.07) is 0. The second-order valence-electron chi connectivity index (χ2n) is 19.1. The van der Waals surface area contributed by atoms with E-state index in [9.17, 15) is 34.4 Å². The lowest BCUT2D eigenvalue weighted by atomic mass is 9.88. The molecule has 1 fully saturated rings. The van der Waals surface area contributed by atoms with Crippen LogP contribution in [0.4, 0.5) is 0 Å². The van der Waals surface area contributed by atoms with Gasteiger partial charge >= 0.3 is 11.9 Å². The van der Waals surface area contributed by atoms with Crippen LogP contribution in [0.3, 0.4) is 0 Å². The first-order valence-electron chi connectivity index (χ1n) is 25.3. The number of carbonyl (C=O) groups is 2. The monoisotopic (exact) mass is 916 g/mol. The Morgan fingerprint density at radius 3 is 1.81 bits per heavy atom. The quantitative estimate of drug-likeness (QED) is 0.0175. The van der Waals surface area contributed by atoms with Crippen LogP contribution in [0.25, 0.3) is 0 Å². The van der Waals surface area contributed by atoms with Crippen LogP contribution in [0.5, 0.6) is 0 Å². The van der Waals surface area contributed by atoms with Crippen LogP contribution >= 0.6 is 7.82 Å². The molecule has 0 saturated heterocycles. The first kappa shape index (κ1) is 59.4. The van der Waals surface area contributed by atoms with Gasteiger partial charge in [-0.05, 0) is 57.3 Å². The largest absolute Gasteiger partial charge is 0.756 e. The van der Waals surface area contributed by atoms with E-state index in [0.717, 1.165) is 64.2 Å². The number of aliphatic hydroxyl groups excluding tert-OH is 3. The van der Waals surface area contributed by atoms with Crippen LogP contribution < -0.4 is 4.89 Å². The van der Waals surface area contributed by atoms with Gasteiger partial charge in [0.1, 0.15) is 19.8 Å². The van der Waals surface area contributed by atoms with Crippen molar-refractivity contribution in [3.63, 3.8) is 0 Å². The topological polar surface area (TPSA) is 172 Å². The van der Waals surface area contributed by atoms with Gasteiger partial charge in [0.15, 0.2) is 6.10 Å². The summed E-state index contributed by atoms with van der Waals surface area (Å²) < 4.78 is 34.0. The lowest BCUT2D eigenvalue weighted by Gasteiger charge is -2.28. The molecule has 7 atom stereocenters. The molecule has 0 aromatic rings. The minimum atomic E-state index is -4.69. The summed E-state index contributed by atoms with van der Waals surface area (Å²) in [5.41, 5.74) is 0. The maximum absolute atomic E-state index is 12.8. The summed E-state index contributed by atoms with van der Waals surface area (Å²) in [6.07, 6.45) is 34.1. The molecular formula is C50H94NO11P. The van der Waals surface area contributed by atoms with Crippen LogP contribution in [0, 0.1) is 11.8 Å². The van der Waals surface area contributed by atoms with Gasteiger partial charge in [-0.2, -0.15) is 0 Å². The second-order valence-corrected chi connectivity index (χ2v) is 20.6. The number of phosphoric acid groups is 1. The minimum absolute atomic E-state index is 0.0686. The van der Waals surface area contributed by atoms with Crippen molar-refractivity contribution in [3.8, 4) is 0 Å². The fourth-order valence-electron chi connectivity index (χ4n) is 8.04. The molecule has 1 aliphatic rings. The van der Waals surface area contributed by atoms with E-state index in [4.69, 9.17) is 18.5 Å². The van der Waals surface area contributed by atoms with Crippen molar-refractivity contribution in [3.05, 3.63) is 24.3 Å². The zero-order valence-electron chi connectivity index (χ0n) is 40.6. The molecule has 0 aliphatic heterocycles. The zero-order chi connectivity index (χ0) is 46.6. The number of unbranched alkanes of at least 4 members (excludes halogenated alkanes) is 20. The normalized spacial score (nSPS) is 20.1. The molecule has 0 radical (unpaired) electrons. The Balaban J connectivity index is 2.39. The van der Waals surface area contributed by atoms with E-state index in [1.54, 1.807) is 6.08 Å². The molecule has 13 heteroatoms. The number of hydrogen-bond acceptors (Lipinski definition) is 11. The highest BCUT2D eigenvalue weighted by atomic mass is 31.2. The number of rotatable bonds is 42. The number of allylic oxidation sites excluding steroid dienone is 2. The average Bonchev–Trinajstić information content (AvgIpc) is 3.50. The number of esters is 2. The third kappa shape index (κ3) is 34.4. The molecule has 0 spiro atoms. The third-order valence-corrected chi connectivity index (χ3v) is 13.0. The second kappa shape index (κ2) is 37.5. The summed E-state index contributed by atoms with van der Waals surface area (Å²) >= 11 is 0. The highest BCUT2D eigenvalue weighted by Crippen LogP contribution is 2.39. The fourth-order valence-corrected chi connectivity index (χ4v) is 8.77. The molecular weight excluding hydrogens is 822 g/mol. The molecule has 63 heavy (non-hydrogen) atoms. The summed E-state index contributed by atoms with van der Waals surface area (Å²) in [6.45, 7) is 3.90. The third-order valence-electron chi connectivity index (χ3n) is 12.0. The molecule has 370 valence electrons. The van der Waals surface area contributed by atoms with Crippen molar-refractivity contribution >= 4 is 19.8 Å². The van der Waals surface area contributed by atoms with E-state index in [1.807, 2.05) is 27.2 Å². The Labute approximate surface area is 384 Å². The Bertz CT molecular complexity index is 1240. The SMILES string of the molecule is CCCCCCCC/C=C\CCCCCCCCCCCC(=O)OC[C@H](COP(=O)([O-])OCC[N+](C)(C)C)OC(=O)CCCCCC[C@@H]1[C@@H](/C=C/[C@@H](O)CCCCC)[C@H](O)C[C@@H]1O. The first-order chi connectivity index (χ1) is 30.2. The van der Waals surface area contributed by atoms with Crippen LogP contribution in [0.15, 0.2) is 24.3 Å². The summed E-state index contributed by atoms with van der Waals surface area (Å²) in [4.78, 5) is 37.9. The molecule has 0 bridgehead atoms. The van der Waals surface area contributed by atoms with E-state index in [-0.39, 0.29) is 37.9 Å². The highest BCUT2D eigenvalue weighted by molar-refractivity contribution is 7.45. The summed E-state index contributed by atoms with van der Waals surface area (Å²) in [5.74, 6) is -1.27. The van der Waals surface area contributed by atoms with Crippen molar-refractivity contribution in [1.29, 1.82) is 0 Å². The average molecular weight is 916 g/mol. The molecule has 1 saturated carbocycles. The van der Waals surface area contributed by atoms with Crippen LogP contribution in [-0.4, -0.2) is 104 Å². The molecule has 0 heterocycles. The Morgan fingerprint density at radius 1 is 0.698 bits per heavy atom. The van der Waals surface area contributed by atoms with Gasteiger partial charge in [0.2, 0.25) is 0 Å². The van der Waals surface area contributed by atoms with E-state index in [0.29, 0.717) is 36.7 Å². The minimum Gasteiger partial charge on any atom is -0.756 e. The lowest BCUT2D eigenvalue weighted by Crippen LogP contribution is -2.37. The van der Waals surface area contributed by atoms with Crippen LogP contribution in [0.1, 0.15) is 200 Å². The first-order valence-corrected chi connectivity index (χ1v) is 26.8. The van der Waals surface area contributed by atoms with E-state index >= 15 is 0 Å². The number of hydrogen-bond donors (Lipinski definition) is 3. The number of nitrogens with zero attached hydrogens (tertiary/aromatic N) is 1. The lowest BCUT2D eigenvalue weighted by molar-refractivity contribution is -0.870. The molecule has 0 aromatic carbocycles. The maximum Gasteiger partial charge on any atom is 0.306 e. The van der Waals surface area contributed by atoms with Crippen LogP contribution in [-0.2, 0) is 32.7 Å². The predicted molar refractivity (Wildman–Crippen MR) is 252 cm³/mol. The van der Waals surface area contributed by atoms with Gasteiger partial charge in [0, 0.05) is 25.2 Å². The van der Waals surface area contributed by atoms with Gasteiger partial charge in [-0.15, -0.1) is 0 Å². The number of aliphatic hydroxyl groups is 3. The number of phosphoric ester groups is 1. The Hall–Kier alpha value is -1.63. The van der Waals surface area contributed by atoms with Crippen LogP contribution in [0.2, 0.25) is 0 Å². The zero-order valence-corrected chi connectivity index (χ0v) is 41.5. The van der Waals surface area contributed by atoms with E-state index in [2.05, 4.69) is 26.0 Å². The van der Waals surface area contributed by atoms with Gasteiger partial charge in [0.05, 0.1) is 46.1 Å². The fraction of sp³-hybridized carbons (Fsp3) is 0.880. The van der Waals surface area contributed by atoms with Gasteiger partial charge in [0.25, 0.3) is 7.82 Å². The number of ether oxygens (including phenoxy) is 2. The Morgan fingerprint density at radius 2 is 1.22 bits per heavy atom. The number of likely N-dealkylation sites (N-methyl/N-ethyl adjacent to an activating group) is 1. The molecule has 1 unspecified atom stereocenters. The molecule has 3 N–H and O–H groups in total. The predicted octanol–water partition coefficient (Wildman–Crippen LogP) is 10.4. The van der Waals surface area contributed by atoms with E-state index < -0.39 is 50.8 Å². The highest BCUT2D eigenvalue weighted by Gasteiger charge is 2.39. The summed E-state index contributed by atoms with van der Waals surface area (Å²) in [7, 11) is 1.04. The molecule has 12 nitrogen and oxygen atoms in total. The van der Waals surface area contributed by atoms with Gasteiger partial charge in [-0.1, -0.05) is 154 Å². The number of carbonyl (C=O) groups excluding carboxylic acids is 2. The number of quaternary nitrogens is 1. The molecule has 0 aromatic heterocycles. The van der Waals surface area contributed by atoms with Gasteiger partial charge in [-0.25, -0.2) is 0 Å². The van der Waals surface area contributed by atoms with Crippen molar-refractivity contribution in [1.82, 2.24) is 0 Å². The maximum atomic E-state index is 12.8. The van der Waals surface area contributed by atoms with Gasteiger partial charge in [-0.3, -0.25) is 14.2 Å². The smallest absolute Gasteiger partial charge is 0.306 e.